The van der Waals surface area contributed by atoms with Crippen LogP contribution in [0.3, 0.4) is 0 Å². The molecule has 4 heterocycles. The van der Waals surface area contributed by atoms with Gasteiger partial charge in [-0.1, -0.05) is 97.1 Å². The van der Waals surface area contributed by atoms with E-state index in [1.54, 1.807) is 0 Å². The van der Waals surface area contributed by atoms with Crippen molar-refractivity contribution < 1.29 is 0 Å². The van der Waals surface area contributed by atoms with E-state index in [-0.39, 0.29) is 0 Å². The summed E-state index contributed by atoms with van der Waals surface area (Å²) in [4.78, 5) is 2.44. The number of para-hydroxylation sites is 3. The Kier molecular flexibility index (Phi) is 5.12. The van der Waals surface area contributed by atoms with Gasteiger partial charge in [0.05, 0.1) is 22.1 Å². The number of fused-ring (bicyclic) bond motifs is 15. The summed E-state index contributed by atoms with van der Waals surface area (Å²) < 4.78 is 7.52. The minimum Gasteiger partial charge on any atom is -0.310 e. The predicted octanol–water partition coefficient (Wildman–Crippen LogP) is 13.2. The van der Waals surface area contributed by atoms with Crippen LogP contribution in [0.5, 0.6) is 0 Å². The number of nitrogens with zero attached hydrogens (tertiary/aromatic N) is 3. The van der Waals surface area contributed by atoms with Crippen molar-refractivity contribution in [2.45, 2.75) is 0 Å². The first-order valence-electron chi connectivity index (χ1n) is 17.1. The molecule has 3 nitrogen and oxygen atoms in total. The summed E-state index contributed by atoms with van der Waals surface area (Å²) in [5.74, 6) is 0. The first-order valence-corrected chi connectivity index (χ1v) is 17.9. The lowest BCUT2D eigenvalue weighted by molar-refractivity contribution is 1.28. The van der Waals surface area contributed by atoms with Crippen molar-refractivity contribution >= 4 is 114 Å². The van der Waals surface area contributed by atoms with E-state index in [0.717, 1.165) is 17.1 Å². The molecule has 0 N–H and O–H groups in total. The van der Waals surface area contributed by atoms with Gasteiger partial charge in [0, 0.05) is 53.4 Å². The average Bonchev–Trinajstić information content (AvgIpc) is 3.90. The Morgan fingerprint density at radius 3 is 1.76 bits per heavy atom. The van der Waals surface area contributed by atoms with Gasteiger partial charge >= 0.3 is 0 Å². The maximum absolute atomic E-state index is 2.46. The fraction of sp³-hybridized carbons (Fsp3) is 0. The average molecular weight is 654 g/mol. The Bertz CT molecular complexity index is 3340. The molecule has 232 valence electrons. The first kappa shape index (κ1) is 26.6. The van der Waals surface area contributed by atoms with Gasteiger partial charge in [0.15, 0.2) is 0 Å². The standard InChI is InChI=1S/C46H27N3S/c1-2-10-33-28(9-1)17-18-29-25-30(19-22-34(29)33)47(32-20-23-36-35-11-4-8-16-43(35)50-44(36)27-32)31-21-24-40-38(26-31)45-37-12-3-5-13-39(37)48-41-14-6-7-15-42(41)49(40)46(45)48/h1-27H. The molecule has 0 atom stereocenters. The monoisotopic (exact) mass is 653 g/mol. The lowest BCUT2D eigenvalue weighted by Crippen LogP contribution is -2.09. The molecular formula is C46H27N3S. The molecule has 4 heteroatoms. The number of benzene rings is 8. The maximum Gasteiger partial charge on any atom is 0.131 e. The second-order valence-electron chi connectivity index (χ2n) is 13.4. The molecule has 12 aromatic rings. The lowest BCUT2D eigenvalue weighted by atomic mass is 10.0. The number of aromatic nitrogens is 2. The Balaban J connectivity index is 1.15. The molecule has 0 amide bonds. The van der Waals surface area contributed by atoms with Crippen molar-refractivity contribution in [2.24, 2.45) is 0 Å². The molecule has 4 aromatic heterocycles. The van der Waals surface area contributed by atoms with E-state index in [0.29, 0.717) is 0 Å². The summed E-state index contributed by atoms with van der Waals surface area (Å²) in [5.41, 5.74) is 9.63. The quantitative estimate of drug-likeness (QED) is 0.173. The van der Waals surface area contributed by atoms with E-state index in [2.05, 4.69) is 177 Å². The number of anilines is 3. The topological polar surface area (TPSA) is 12.1 Å². The molecule has 0 saturated carbocycles. The second kappa shape index (κ2) is 9.63. The van der Waals surface area contributed by atoms with Gasteiger partial charge in [-0.25, -0.2) is 0 Å². The Labute approximate surface area is 290 Å². The van der Waals surface area contributed by atoms with E-state index >= 15 is 0 Å². The van der Waals surface area contributed by atoms with Crippen LogP contribution in [0.4, 0.5) is 17.1 Å². The maximum atomic E-state index is 2.46. The Hall–Kier alpha value is -6.36. The number of rotatable bonds is 3. The van der Waals surface area contributed by atoms with E-state index < -0.39 is 0 Å². The summed E-state index contributed by atoms with van der Waals surface area (Å²) in [6.07, 6.45) is 0. The van der Waals surface area contributed by atoms with Gasteiger partial charge in [0.2, 0.25) is 0 Å². The number of hydrogen-bond acceptors (Lipinski definition) is 2. The van der Waals surface area contributed by atoms with Crippen molar-refractivity contribution in [3.8, 4) is 0 Å². The second-order valence-corrected chi connectivity index (χ2v) is 14.5. The van der Waals surface area contributed by atoms with Gasteiger partial charge in [-0.05, 0) is 88.3 Å². The fourth-order valence-electron chi connectivity index (χ4n) is 8.65. The summed E-state index contributed by atoms with van der Waals surface area (Å²) in [7, 11) is 0. The van der Waals surface area contributed by atoms with Crippen LogP contribution in [0.1, 0.15) is 0 Å². The fourth-order valence-corrected chi connectivity index (χ4v) is 9.79. The zero-order chi connectivity index (χ0) is 32.5. The zero-order valence-electron chi connectivity index (χ0n) is 26.8. The molecule has 0 saturated heterocycles. The van der Waals surface area contributed by atoms with Crippen LogP contribution >= 0.6 is 11.3 Å². The molecule has 8 aromatic carbocycles. The SMILES string of the molecule is c1ccc2c(c1)ccc1cc(N(c3ccc4c(c3)sc3ccccc34)c3ccc4c(c3)c3c5ccccc5n5c6ccccc6n4c35)ccc12. The van der Waals surface area contributed by atoms with Crippen LogP contribution < -0.4 is 4.90 Å². The minimum atomic E-state index is 1.14. The highest BCUT2D eigenvalue weighted by Gasteiger charge is 2.24. The first-order chi connectivity index (χ1) is 24.8. The summed E-state index contributed by atoms with van der Waals surface area (Å²) in [5, 5.41) is 11.5. The van der Waals surface area contributed by atoms with Crippen LogP contribution in [-0.4, -0.2) is 8.80 Å². The van der Waals surface area contributed by atoms with Gasteiger partial charge in [0.25, 0.3) is 0 Å². The molecule has 12 rings (SSSR count). The third-order valence-corrected chi connectivity index (χ3v) is 11.9. The van der Waals surface area contributed by atoms with Crippen LogP contribution in [0.15, 0.2) is 164 Å². The van der Waals surface area contributed by atoms with Crippen LogP contribution in [0, 0.1) is 0 Å². The van der Waals surface area contributed by atoms with Crippen molar-refractivity contribution in [1.82, 2.24) is 8.80 Å². The van der Waals surface area contributed by atoms with E-state index in [1.807, 2.05) is 11.3 Å². The summed E-state index contributed by atoms with van der Waals surface area (Å²) >= 11 is 1.87. The van der Waals surface area contributed by atoms with E-state index in [4.69, 9.17) is 0 Å². The molecule has 0 bridgehead atoms. The molecule has 0 spiro atoms. The molecule has 0 aliphatic heterocycles. The summed E-state index contributed by atoms with van der Waals surface area (Å²) in [6, 6.07) is 60.5. The zero-order valence-corrected chi connectivity index (χ0v) is 27.7. The number of hydrogen-bond donors (Lipinski definition) is 0. The molecule has 50 heavy (non-hydrogen) atoms. The van der Waals surface area contributed by atoms with Gasteiger partial charge in [-0.3, -0.25) is 8.80 Å². The molecular weight excluding hydrogens is 627 g/mol. The number of thiophene rings is 1. The predicted molar refractivity (Wildman–Crippen MR) is 215 cm³/mol. The third-order valence-electron chi connectivity index (χ3n) is 10.8. The summed E-state index contributed by atoms with van der Waals surface area (Å²) in [6.45, 7) is 0. The van der Waals surface area contributed by atoms with Crippen LogP contribution in [0.25, 0.3) is 85.6 Å². The van der Waals surface area contributed by atoms with E-state index in [1.165, 1.54) is 85.6 Å². The largest absolute Gasteiger partial charge is 0.310 e. The highest BCUT2D eigenvalue weighted by atomic mass is 32.1. The van der Waals surface area contributed by atoms with Crippen LogP contribution in [-0.2, 0) is 0 Å². The van der Waals surface area contributed by atoms with Crippen molar-refractivity contribution in [1.29, 1.82) is 0 Å². The van der Waals surface area contributed by atoms with Gasteiger partial charge in [-0.15, -0.1) is 11.3 Å². The smallest absolute Gasteiger partial charge is 0.131 e. The highest BCUT2D eigenvalue weighted by Crippen LogP contribution is 2.46. The van der Waals surface area contributed by atoms with Crippen molar-refractivity contribution in [3.63, 3.8) is 0 Å². The highest BCUT2D eigenvalue weighted by molar-refractivity contribution is 7.25. The molecule has 0 unspecified atom stereocenters. The Morgan fingerprint density at radius 2 is 0.920 bits per heavy atom. The third kappa shape index (κ3) is 3.43. The number of imidazole rings is 1. The normalized spacial score (nSPS) is 12.4. The van der Waals surface area contributed by atoms with Crippen LogP contribution in [0.2, 0.25) is 0 Å². The van der Waals surface area contributed by atoms with Crippen molar-refractivity contribution in [2.75, 3.05) is 4.90 Å². The Morgan fingerprint density at radius 1 is 0.360 bits per heavy atom. The minimum absolute atomic E-state index is 1.14. The van der Waals surface area contributed by atoms with Gasteiger partial charge in [0.1, 0.15) is 5.65 Å². The molecule has 0 aliphatic carbocycles. The lowest BCUT2D eigenvalue weighted by Gasteiger charge is -2.26. The van der Waals surface area contributed by atoms with Gasteiger partial charge in [-0.2, -0.15) is 0 Å². The molecule has 0 radical (unpaired) electrons. The molecule has 0 aliphatic rings. The van der Waals surface area contributed by atoms with E-state index in [9.17, 15) is 0 Å². The van der Waals surface area contributed by atoms with Gasteiger partial charge < -0.3 is 4.90 Å². The molecule has 0 fully saturated rings. The van der Waals surface area contributed by atoms with Crippen molar-refractivity contribution in [3.05, 3.63) is 164 Å².